The standard InChI is InChI=1S/C9H17ClO/c1-4-6-8(5-2)9(11)7(3)10/h7-8H,4-6H2,1-3H3. The highest BCUT2D eigenvalue weighted by atomic mass is 35.5. The normalized spacial score (nSPS) is 16.0. The Morgan fingerprint density at radius 2 is 2.00 bits per heavy atom. The lowest BCUT2D eigenvalue weighted by molar-refractivity contribution is -0.122. The molecule has 0 aromatic rings. The number of carbonyl (C=O) groups excluding carboxylic acids is 1. The van der Waals surface area contributed by atoms with Gasteiger partial charge in [0.05, 0.1) is 5.38 Å². The first kappa shape index (κ1) is 11.0. The molecule has 0 heterocycles. The summed E-state index contributed by atoms with van der Waals surface area (Å²) in [4.78, 5) is 11.3. The van der Waals surface area contributed by atoms with Crippen molar-refractivity contribution in [3.63, 3.8) is 0 Å². The maximum Gasteiger partial charge on any atom is 0.153 e. The van der Waals surface area contributed by atoms with E-state index in [0.29, 0.717) is 0 Å². The van der Waals surface area contributed by atoms with Crippen LogP contribution in [0.4, 0.5) is 0 Å². The van der Waals surface area contributed by atoms with Gasteiger partial charge in [-0.3, -0.25) is 4.79 Å². The zero-order valence-corrected chi connectivity index (χ0v) is 8.32. The van der Waals surface area contributed by atoms with E-state index in [0.717, 1.165) is 19.3 Å². The monoisotopic (exact) mass is 176 g/mol. The van der Waals surface area contributed by atoms with E-state index in [1.54, 1.807) is 6.92 Å². The van der Waals surface area contributed by atoms with E-state index >= 15 is 0 Å². The lowest BCUT2D eigenvalue weighted by Crippen LogP contribution is -2.21. The van der Waals surface area contributed by atoms with Gasteiger partial charge in [-0.2, -0.15) is 0 Å². The SMILES string of the molecule is CCCC(CC)C(=O)C(C)Cl. The molecule has 0 aliphatic carbocycles. The summed E-state index contributed by atoms with van der Waals surface area (Å²) in [7, 11) is 0. The molecule has 0 aliphatic rings. The predicted octanol–water partition coefficient (Wildman–Crippen LogP) is 3.01. The maximum absolute atomic E-state index is 11.3. The van der Waals surface area contributed by atoms with Crippen molar-refractivity contribution in [2.75, 3.05) is 0 Å². The summed E-state index contributed by atoms with van der Waals surface area (Å²) in [5.74, 6) is 0.392. The summed E-state index contributed by atoms with van der Waals surface area (Å²) in [6.07, 6.45) is 2.96. The molecule has 2 heteroatoms. The third kappa shape index (κ3) is 3.76. The van der Waals surface area contributed by atoms with Crippen LogP contribution in [0.15, 0.2) is 0 Å². The van der Waals surface area contributed by atoms with E-state index in [4.69, 9.17) is 11.6 Å². The van der Waals surface area contributed by atoms with Crippen molar-refractivity contribution in [3.8, 4) is 0 Å². The van der Waals surface area contributed by atoms with Gasteiger partial charge in [-0.05, 0) is 19.8 Å². The van der Waals surface area contributed by atoms with Gasteiger partial charge in [-0.1, -0.05) is 20.3 Å². The summed E-state index contributed by atoms with van der Waals surface area (Å²) < 4.78 is 0. The molecule has 66 valence electrons. The molecule has 2 atom stereocenters. The number of ketones is 1. The average molecular weight is 177 g/mol. The molecule has 0 saturated heterocycles. The lowest BCUT2D eigenvalue weighted by atomic mass is 9.94. The quantitative estimate of drug-likeness (QED) is 0.589. The van der Waals surface area contributed by atoms with Crippen LogP contribution in [0.2, 0.25) is 0 Å². The Labute approximate surface area is 74.1 Å². The molecule has 0 bridgehead atoms. The maximum atomic E-state index is 11.3. The number of hydrogen-bond donors (Lipinski definition) is 0. The van der Waals surface area contributed by atoms with Crippen molar-refractivity contribution in [2.24, 2.45) is 5.92 Å². The third-order valence-electron chi connectivity index (χ3n) is 1.92. The van der Waals surface area contributed by atoms with Crippen molar-refractivity contribution in [2.45, 2.75) is 45.4 Å². The largest absolute Gasteiger partial charge is 0.298 e. The van der Waals surface area contributed by atoms with Crippen LogP contribution < -0.4 is 0 Å². The van der Waals surface area contributed by atoms with Crippen LogP contribution >= 0.6 is 11.6 Å². The average Bonchev–Trinajstić information content (AvgIpc) is 1.98. The summed E-state index contributed by atoms with van der Waals surface area (Å²) in [6, 6.07) is 0. The summed E-state index contributed by atoms with van der Waals surface area (Å²) in [5, 5.41) is -0.313. The highest BCUT2D eigenvalue weighted by Crippen LogP contribution is 2.15. The van der Waals surface area contributed by atoms with Gasteiger partial charge < -0.3 is 0 Å². The Bertz CT molecular complexity index is 121. The van der Waals surface area contributed by atoms with Crippen molar-refractivity contribution in [1.82, 2.24) is 0 Å². The molecule has 0 aromatic heterocycles. The number of carbonyl (C=O) groups is 1. The number of hydrogen-bond acceptors (Lipinski definition) is 1. The molecule has 0 rings (SSSR count). The molecule has 0 fully saturated rings. The summed E-state index contributed by atoms with van der Waals surface area (Å²) in [5.41, 5.74) is 0. The van der Waals surface area contributed by atoms with Crippen LogP contribution in [0.25, 0.3) is 0 Å². The predicted molar refractivity (Wildman–Crippen MR) is 49.0 cm³/mol. The topological polar surface area (TPSA) is 17.1 Å². The second-order valence-corrected chi connectivity index (χ2v) is 3.57. The fraction of sp³-hybridized carbons (Fsp3) is 0.889. The van der Waals surface area contributed by atoms with Gasteiger partial charge in [0.25, 0.3) is 0 Å². The van der Waals surface area contributed by atoms with Crippen LogP contribution in [0.3, 0.4) is 0 Å². The second kappa shape index (κ2) is 5.59. The Kier molecular flexibility index (Phi) is 5.57. The minimum Gasteiger partial charge on any atom is -0.298 e. The molecule has 1 nitrogen and oxygen atoms in total. The van der Waals surface area contributed by atoms with Crippen LogP contribution in [0.1, 0.15) is 40.0 Å². The first-order valence-corrected chi connectivity index (χ1v) is 4.74. The summed E-state index contributed by atoms with van der Waals surface area (Å²) >= 11 is 5.69. The van der Waals surface area contributed by atoms with Gasteiger partial charge in [-0.15, -0.1) is 11.6 Å². The van der Waals surface area contributed by atoms with Crippen LogP contribution in [0, 0.1) is 5.92 Å². The fourth-order valence-corrected chi connectivity index (χ4v) is 1.40. The fourth-order valence-electron chi connectivity index (χ4n) is 1.22. The minimum absolute atomic E-state index is 0.187. The van der Waals surface area contributed by atoms with E-state index < -0.39 is 0 Å². The highest BCUT2D eigenvalue weighted by molar-refractivity contribution is 6.31. The number of halogens is 1. The Balaban J connectivity index is 3.92. The number of Topliss-reactive ketones (excluding diaryl/α,β-unsaturated/α-hetero) is 1. The van der Waals surface area contributed by atoms with Gasteiger partial charge in [0.15, 0.2) is 5.78 Å². The summed E-state index contributed by atoms with van der Waals surface area (Å²) in [6.45, 7) is 5.88. The Morgan fingerprint density at radius 1 is 1.45 bits per heavy atom. The Morgan fingerprint density at radius 3 is 2.27 bits per heavy atom. The molecule has 2 unspecified atom stereocenters. The molecule has 0 saturated carbocycles. The van der Waals surface area contributed by atoms with E-state index in [9.17, 15) is 4.79 Å². The molecule has 11 heavy (non-hydrogen) atoms. The lowest BCUT2D eigenvalue weighted by Gasteiger charge is -2.13. The van der Waals surface area contributed by atoms with Gasteiger partial charge in [0.1, 0.15) is 0 Å². The minimum atomic E-state index is -0.313. The molecular weight excluding hydrogens is 160 g/mol. The molecule has 0 spiro atoms. The van der Waals surface area contributed by atoms with E-state index in [-0.39, 0.29) is 17.1 Å². The van der Waals surface area contributed by atoms with Gasteiger partial charge in [0, 0.05) is 5.92 Å². The first-order chi connectivity index (χ1) is 5.13. The van der Waals surface area contributed by atoms with E-state index in [2.05, 4.69) is 6.92 Å². The molecule has 0 N–H and O–H groups in total. The van der Waals surface area contributed by atoms with Crippen molar-refractivity contribution < 1.29 is 4.79 Å². The number of alkyl halides is 1. The van der Waals surface area contributed by atoms with Gasteiger partial charge >= 0.3 is 0 Å². The first-order valence-electron chi connectivity index (χ1n) is 4.31. The zero-order chi connectivity index (χ0) is 8.85. The molecule has 0 amide bonds. The van der Waals surface area contributed by atoms with Crippen molar-refractivity contribution in [1.29, 1.82) is 0 Å². The van der Waals surface area contributed by atoms with Gasteiger partial charge in [0.2, 0.25) is 0 Å². The highest BCUT2D eigenvalue weighted by Gasteiger charge is 2.19. The second-order valence-electron chi connectivity index (χ2n) is 2.91. The smallest absolute Gasteiger partial charge is 0.153 e. The molecule has 0 aromatic carbocycles. The van der Waals surface area contributed by atoms with Crippen molar-refractivity contribution >= 4 is 17.4 Å². The van der Waals surface area contributed by atoms with Crippen molar-refractivity contribution in [3.05, 3.63) is 0 Å². The third-order valence-corrected chi connectivity index (χ3v) is 2.14. The van der Waals surface area contributed by atoms with Crippen LogP contribution in [-0.2, 0) is 4.79 Å². The van der Waals surface area contributed by atoms with E-state index in [1.807, 2.05) is 6.92 Å². The Hall–Kier alpha value is -0.0400. The zero-order valence-electron chi connectivity index (χ0n) is 7.56. The molecular formula is C9H17ClO. The molecule has 0 radical (unpaired) electrons. The number of rotatable bonds is 5. The van der Waals surface area contributed by atoms with Gasteiger partial charge in [-0.25, -0.2) is 0 Å². The molecule has 0 aliphatic heterocycles. The van der Waals surface area contributed by atoms with Crippen LogP contribution in [-0.4, -0.2) is 11.2 Å². The van der Waals surface area contributed by atoms with E-state index in [1.165, 1.54) is 0 Å². The van der Waals surface area contributed by atoms with Crippen LogP contribution in [0.5, 0.6) is 0 Å².